The molecule has 6 N–H and O–H groups in total. The van der Waals surface area contributed by atoms with Crippen LogP contribution in [0.2, 0.25) is 0 Å². The summed E-state index contributed by atoms with van der Waals surface area (Å²) < 4.78 is 0. The number of aliphatic hydroxyl groups excluding tert-OH is 2. The Labute approximate surface area is 177 Å². The number of carbonyl (C=O) groups excluding carboxylic acids is 3. The number of fused-ring (bicyclic) bond motifs is 3. The van der Waals surface area contributed by atoms with Gasteiger partial charge in [-0.15, -0.1) is 0 Å². The minimum atomic E-state index is -2.64. The maximum absolute atomic E-state index is 13.7. The van der Waals surface area contributed by atoms with Crippen LogP contribution in [0.3, 0.4) is 0 Å². The van der Waals surface area contributed by atoms with E-state index < -0.39 is 57.5 Å². The molecule has 164 valence electrons. The van der Waals surface area contributed by atoms with Crippen LogP contribution < -0.4 is 5.73 Å². The Hall–Kier alpha value is -3.24. The van der Waals surface area contributed by atoms with Gasteiger partial charge in [0.05, 0.1) is 17.8 Å². The highest BCUT2D eigenvalue weighted by atomic mass is 16.3. The number of aliphatic hydroxyl groups is 3. The van der Waals surface area contributed by atoms with Crippen molar-refractivity contribution in [2.45, 2.75) is 31.4 Å². The summed E-state index contributed by atoms with van der Waals surface area (Å²) in [6.45, 7) is 1.70. The number of pyridine rings is 1. The van der Waals surface area contributed by atoms with Crippen molar-refractivity contribution in [3.8, 4) is 5.75 Å². The van der Waals surface area contributed by atoms with Crippen LogP contribution in [-0.2, 0) is 20.8 Å². The van der Waals surface area contributed by atoms with Crippen molar-refractivity contribution < 1.29 is 34.8 Å². The third-order valence-corrected chi connectivity index (χ3v) is 6.74. The number of Topliss-reactive ketones (excluding diaryl/α,β-unsaturated/α-hetero) is 2. The molecule has 1 unspecified atom stereocenters. The van der Waals surface area contributed by atoms with E-state index in [2.05, 4.69) is 4.98 Å². The predicted octanol–water partition coefficient (Wildman–Crippen LogP) is -0.251. The van der Waals surface area contributed by atoms with Crippen LogP contribution in [-0.4, -0.2) is 73.5 Å². The molecule has 3 aliphatic rings. The van der Waals surface area contributed by atoms with Crippen molar-refractivity contribution in [3.05, 3.63) is 40.4 Å². The fourth-order valence-corrected chi connectivity index (χ4v) is 5.46. The first kappa shape index (κ1) is 21.0. The Bertz CT molecular complexity index is 1120. The highest BCUT2D eigenvalue weighted by Crippen LogP contribution is 2.57. The summed E-state index contributed by atoms with van der Waals surface area (Å²) in [6.07, 6.45) is 2.81. The highest BCUT2D eigenvalue weighted by Gasteiger charge is 2.66. The molecule has 0 aliphatic heterocycles. The van der Waals surface area contributed by atoms with Crippen LogP contribution in [0.1, 0.15) is 24.5 Å². The van der Waals surface area contributed by atoms with Gasteiger partial charge in [0.25, 0.3) is 5.91 Å². The lowest BCUT2D eigenvalue weighted by Gasteiger charge is -2.53. The average molecular weight is 429 g/mol. The lowest BCUT2D eigenvalue weighted by Crippen LogP contribution is -2.67. The Morgan fingerprint density at radius 3 is 2.45 bits per heavy atom. The van der Waals surface area contributed by atoms with E-state index >= 15 is 0 Å². The monoisotopic (exact) mass is 429 g/mol. The molecule has 0 bridgehead atoms. The molecule has 0 saturated heterocycles. The number of aromatic nitrogens is 1. The third-order valence-electron chi connectivity index (χ3n) is 6.74. The summed E-state index contributed by atoms with van der Waals surface area (Å²) in [5.74, 6) is -6.18. The predicted molar refractivity (Wildman–Crippen MR) is 107 cm³/mol. The summed E-state index contributed by atoms with van der Waals surface area (Å²) in [7, 11) is 3.11. The Morgan fingerprint density at radius 1 is 1.23 bits per heavy atom. The van der Waals surface area contributed by atoms with Crippen LogP contribution in [0.4, 0.5) is 0 Å². The summed E-state index contributed by atoms with van der Waals surface area (Å²) in [4.78, 5) is 44.0. The zero-order chi connectivity index (χ0) is 23.0. The maximum atomic E-state index is 13.7. The van der Waals surface area contributed by atoms with Crippen LogP contribution in [0.5, 0.6) is 5.75 Å². The van der Waals surface area contributed by atoms with Gasteiger partial charge in [-0.1, -0.05) is 6.92 Å². The quantitative estimate of drug-likeness (QED) is 0.397. The van der Waals surface area contributed by atoms with Gasteiger partial charge in [0.15, 0.2) is 11.4 Å². The van der Waals surface area contributed by atoms with Gasteiger partial charge in [0.1, 0.15) is 22.8 Å². The first-order chi connectivity index (χ1) is 14.4. The topological polar surface area (TPSA) is 174 Å². The van der Waals surface area contributed by atoms with Gasteiger partial charge in [-0.25, -0.2) is 0 Å². The molecule has 1 aromatic rings. The number of aromatic hydroxyl groups is 1. The number of amides is 1. The number of primary amides is 1. The van der Waals surface area contributed by atoms with Crippen LogP contribution in [0.25, 0.3) is 5.76 Å². The second-order valence-electron chi connectivity index (χ2n) is 8.92. The largest absolute Gasteiger partial charge is 0.508 e. The maximum Gasteiger partial charge on any atom is 0.255 e. The van der Waals surface area contributed by atoms with Gasteiger partial charge in [0.2, 0.25) is 5.78 Å². The highest BCUT2D eigenvalue weighted by molar-refractivity contribution is 6.24. The molecule has 10 nitrogen and oxygen atoms in total. The smallest absolute Gasteiger partial charge is 0.255 e. The van der Waals surface area contributed by atoms with Crippen molar-refractivity contribution >= 4 is 23.2 Å². The second-order valence-corrected chi connectivity index (χ2v) is 8.92. The van der Waals surface area contributed by atoms with E-state index in [1.54, 1.807) is 21.0 Å². The number of rotatable bonds is 2. The molecule has 1 saturated carbocycles. The van der Waals surface area contributed by atoms with Crippen LogP contribution in [0, 0.1) is 11.3 Å². The Kier molecular flexibility index (Phi) is 4.32. The molecule has 1 amide bonds. The van der Waals surface area contributed by atoms with E-state index in [0.29, 0.717) is 5.56 Å². The van der Waals surface area contributed by atoms with Gasteiger partial charge in [0, 0.05) is 23.1 Å². The Morgan fingerprint density at radius 2 is 1.87 bits per heavy atom. The number of ketones is 2. The number of carbonyl (C=O) groups is 3. The van der Waals surface area contributed by atoms with Gasteiger partial charge in [-0.3, -0.25) is 24.3 Å². The molecule has 10 heteroatoms. The standard InChI is InChI=1S/C21H23N3O7/c1-20-4-8-6-23-7-10(25)11(8)15(26)13(20)18(29)21(31)9(5-20)14(24(2)3)16(27)12(17(21)28)19(22)30/h6-7,9,14,25-26,28,31H,4-5H2,1-3H3,(H2,22,30)/t9-,14?,20-,21+/m0/s1. The fourth-order valence-electron chi connectivity index (χ4n) is 5.46. The SMILES string of the molecule is CN(C)C1C(=O)C(C(N)=O)=C(O)[C@@]2(O)C(=O)C3=C(O)c4c(O)cncc4C[C@@]3(C)C[C@@H]12. The first-order valence-electron chi connectivity index (χ1n) is 9.67. The molecule has 0 spiro atoms. The summed E-state index contributed by atoms with van der Waals surface area (Å²) in [6, 6.07) is -1.11. The molecule has 4 rings (SSSR count). The van der Waals surface area contributed by atoms with E-state index in [0.717, 1.165) is 6.20 Å². The lowest BCUT2D eigenvalue weighted by atomic mass is 9.52. The minimum Gasteiger partial charge on any atom is -0.508 e. The van der Waals surface area contributed by atoms with E-state index in [1.807, 2.05) is 0 Å². The van der Waals surface area contributed by atoms with Gasteiger partial charge >= 0.3 is 0 Å². The van der Waals surface area contributed by atoms with Crippen molar-refractivity contribution in [2.24, 2.45) is 17.1 Å². The molecule has 31 heavy (non-hydrogen) atoms. The zero-order valence-corrected chi connectivity index (χ0v) is 17.2. The first-order valence-corrected chi connectivity index (χ1v) is 9.67. The Balaban J connectivity index is 2.03. The molecular weight excluding hydrogens is 406 g/mol. The van der Waals surface area contributed by atoms with E-state index in [9.17, 15) is 34.8 Å². The number of hydrogen-bond donors (Lipinski definition) is 5. The van der Waals surface area contributed by atoms with E-state index in [4.69, 9.17) is 5.73 Å². The summed E-state index contributed by atoms with van der Waals surface area (Å²) in [5.41, 5.74) is 1.11. The molecule has 4 atom stereocenters. The van der Waals surface area contributed by atoms with Crippen molar-refractivity contribution in [1.29, 1.82) is 0 Å². The summed E-state index contributed by atoms with van der Waals surface area (Å²) in [5, 5.41) is 43.4. The second kappa shape index (κ2) is 6.38. The van der Waals surface area contributed by atoms with E-state index in [1.165, 1.54) is 11.1 Å². The molecule has 1 aromatic heterocycles. The number of likely N-dealkylation sites (N-methyl/N-ethyl adjacent to an activating group) is 1. The van der Waals surface area contributed by atoms with Gasteiger partial charge in [-0.05, 0) is 32.5 Å². The zero-order valence-electron chi connectivity index (χ0n) is 17.2. The molecule has 0 aromatic carbocycles. The molecule has 1 heterocycles. The van der Waals surface area contributed by atoms with E-state index in [-0.39, 0.29) is 29.7 Å². The average Bonchev–Trinajstić information content (AvgIpc) is 2.64. The number of hydrogen-bond acceptors (Lipinski definition) is 9. The van der Waals surface area contributed by atoms with Crippen molar-refractivity contribution in [3.63, 3.8) is 0 Å². The lowest BCUT2D eigenvalue weighted by molar-refractivity contribution is -0.156. The molecule has 1 fully saturated rings. The van der Waals surface area contributed by atoms with Crippen molar-refractivity contribution in [2.75, 3.05) is 14.1 Å². The van der Waals surface area contributed by atoms with Crippen LogP contribution >= 0.6 is 0 Å². The third kappa shape index (κ3) is 2.52. The molecular formula is C21H23N3O7. The molecule has 0 radical (unpaired) electrons. The minimum absolute atomic E-state index is 0.0208. The molecule has 3 aliphatic carbocycles. The number of nitrogens with two attached hydrogens (primary N) is 1. The van der Waals surface area contributed by atoms with Gasteiger partial charge < -0.3 is 26.2 Å². The van der Waals surface area contributed by atoms with Gasteiger partial charge in [-0.2, -0.15) is 0 Å². The number of nitrogens with zero attached hydrogens (tertiary/aromatic N) is 2. The fraction of sp³-hybridized carbons (Fsp3) is 0.429. The summed E-state index contributed by atoms with van der Waals surface area (Å²) >= 11 is 0. The van der Waals surface area contributed by atoms with Crippen LogP contribution in [0.15, 0.2) is 29.3 Å². The normalized spacial score (nSPS) is 32.7. The van der Waals surface area contributed by atoms with Crippen molar-refractivity contribution in [1.82, 2.24) is 9.88 Å².